The molecule has 3 nitrogen and oxygen atoms in total. The zero-order chi connectivity index (χ0) is 10.7. The molecule has 1 rings (SSSR count). The SMILES string of the molecule is COC(=O)C(O)c1cc(C)cc(F)c1. The molecule has 14 heavy (non-hydrogen) atoms. The van der Waals surface area contributed by atoms with Crippen LogP contribution in [0.25, 0.3) is 0 Å². The van der Waals surface area contributed by atoms with Crippen molar-refractivity contribution in [2.75, 3.05) is 7.11 Å². The number of aryl methyl sites for hydroxylation is 1. The Hall–Kier alpha value is -1.42. The van der Waals surface area contributed by atoms with E-state index < -0.39 is 17.9 Å². The molecule has 0 saturated carbocycles. The van der Waals surface area contributed by atoms with E-state index in [2.05, 4.69) is 4.74 Å². The summed E-state index contributed by atoms with van der Waals surface area (Å²) in [5.74, 6) is -1.28. The molecule has 0 aliphatic carbocycles. The molecular formula is C10H11FO3. The van der Waals surface area contributed by atoms with Gasteiger partial charge < -0.3 is 9.84 Å². The molecule has 1 aromatic carbocycles. The van der Waals surface area contributed by atoms with E-state index in [4.69, 9.17) is 0 Å². The van der Waals surface area contributed by atoms with Gasteiger partial charge in [-0.2, -0.15) is 0 Å². The van der Waals surface area contributed by atoms with E-state index in [1.807, 2.05) is 0 Å². The van der Waals surface area contributed by atoms with Crippen molar-refractivity contribution in [1.82, 2.24) is 0 Å². The van der Waals surface area contributed by atoms with Gasteiger partial charge in [0.05, 0.1) is 7.11 Å². The average Bonchev–Trinajstić information content (AvgIpc) is 2.14. The fraction of sp³-hybridized carbons (Fsp3) is 0.300. The number of methoxy groups -OCH3 is 1. The first-order valence-corrected chi connectivity index (χ1v) is 4.07. The van der Waals surface area contributed by atoms with E-state index in [9.17, 15) is 14.3 Å². The van der Waals surface area contributed by atoms with Crippen LogP contribution in [0.15, 0.2) is 18.2 Å². The van der Waals surface area contributed by atoms with Crippen molar-refractivity contribution >= 4 is 5.97 Å². The van der Waals surface area contributed by atoms with E-state index >= 15 is 0 Å². The van der Waals surface area contributed by atoms with Crippen molar-refractivity contribution in [3.63, 3.8) is 0 Å². The minimum absolute atomic E-state index is 0.203. The largest absolute Gasteiger partial charge is 0.467 e. The monoisotopic (exact) mass is 198 g/mol. The molecule has 0 radical (unpaired) electrons. The maximum atomic E-state index is 12.9. The molecule has 1 atom stereocenters. The number of benzene rings is 1. The van der Waals surface area contributed by atoms with Gasteiger partial charge in [-0.3, -0.25) is 0 Å². The summed E-state index contributed by atoms with van der Waals surface area (Å²) < 4.78 is 17.2. The summed E-state index contributed by atoms with van der Waals surface area (Å²) in [5, 5.41) is 9.40. The fourth-order valence-electron chi connectivity index (χ4n) is 1.17. The third-order valence-electron chi connectivity index (χ3n) is 1.80. The molecule has 0 heterocycles. The van der Waals surface area contributed by atoms with Crippen molar-refractivity contribution in [2.45, 2.75) is 13.0 Å². The van der Waals surface area contributed by atoms with Gasteiger partial charge in [0.2, 0.25) is 0 Å². The van der Waals surface area contributed by atoms with Crippen molar-refractivity contribution < 1.29 is 19.0 Å². The number of rotatable bonds is 2. The number of aliphatic hydroxyl groups excluding tert-OH is 1. The summed E-state index contributed by atoms with van der Waals surface area (Å²) in [6, 6.07) is 3.95. The van der Waals surface area contributed by atoms with Crippen LogP contribution in [0.4, 0.5) is 4.39 Å². The lowest BCUT2D eigenvalue weighted by atomic mass is 10.1. The number of carbonyl (C=O) groups excluding carboxylic acids is 1. The Morgan fingerprint density at radius 3 is 2.64 bits per heavy atom. The maximum Gasteiger partial charge on any atom is 0.339 e. The second-order valence-corrected chi connectivity index (χ2v) is 2.99. The summed E-state index contributed by atoms with van der Waals surface area (Å²) in [6.07, 6.45) is -1.42. The topological polar surface area (TPSA) is 46.5 Å². The van der Waals surface area contributed by atoms with Crippen LogP contribution in [-0.4, -0.2) is 18.2 Å². The van der Waals surface area contributed by atoms with Crippen LogP contribution in [0.1, 0.15) is 17.2 Å². The lowest BCUT2D eigenvalue weighted by Gasteiger charge is -2.09. The van der Waals surface area contributed by atoms with Crippen LogP contribution in [0.3, 0.4) is 0 Å². The third kappa shape index (κ3) is 2.29. The lowest BCUT2D eigenvalue weighted by molar-refractivity contribution is -0.150. The Morgan fingerprint density at radius 1 is 1.50 bits per heavy atom. The molecule has 76 valence electrons. The quantitative estimate of drug-likeness (QED) is 0.729. The summed E-state index contributed by atoms with van der Waals surface area (Å²) in [6.45, 7) is 1.68. The lowest BCUT2D eigenvalue weighted by Crippen LogP contribution is -2.13. The maximum absolute atomic E-state index is 12.9. The Morgan fingerprint density at radius 2 is 2.14 bits per heavy atom. The van der Waals surface area contributed by atoms with Crippen molar-refractivity contribution in [3.05, 3.63) is 35.1 Å². The molecule has 0 saturated heterocycles. The highest BCUT2D eigenvalue weighted by atomic mass is 19.1. The highest BCUT2D eigenvalue weighted by molar-refractivity contribution is 5.76. The molecule has 0 aromatic heterocycles. The molecule has 0 aliphatic heterocycles. The number of hydrogen-bond acceptors (Lipinski definition) is 3. The molecule has 0 fully saturated rings. The van der Waals surface area contributed by atoms with Gasteiger partial charge in [-0.05, 0) is 30.2 Å². The standard InChI is InChI=1S/C10H11FO3/c1-6-3-7(5-8(11)4-6)9(12)10(13)14-2/h3-5,9,12H,1-2H3. The van der Waals surface area contributed by atoms with Crippen molar-refractivity contribution in [3.8, 4) is 0 Å². The Kier molecular flexibility index (Phi) is 3.19. The predicted octanol–water partition coefficient (Wildman–Crippen LogP) is 1.34. The van der Waals surface area contributed by atoms with E-state index in [1.165, 1.54) is 12.1 Å². The van der Waals surface area contributed by atoms with Gasteiger partial charge in [0, 0.05) is 0 Å². The van der Waals surface area contributed by atoms with Gasteiger partial charge >= 0.3 is 5.97 Å². The average molecular weight is 198 g/mol. The highest BCUT2D eigenvalue weighted by Gasteiger charge is 2.18. The number of ether oxygens (including phenoxy) is 1. The molecule has 0 spiro atoms. The van der Waals surface area contributed by atoms with Gasteiger partial charge in [-0.1, -0.05) is 6.07 Å². The highest BCUT2D eigenvalue weighted by Crippen LogP contribution is 2.17. The van der Waals surface area contributed by atoms with Gasteiger partial charge in [0.15, 0.2) is 6.10 Å². The summed E-state index contributed by atoms with van der Waals surface area (Å²) >= 11 is 0. The molecule has 4 heteroatoms. The fourth-order valence-corrected chi connectivity index (χ4v) is 1.17. The van der Waals surface area contributed by atoms with Crippen LogP contribution < -0.4 is 0 Å². The Balaban J connectivity index is 3.00. The minimum atomic E-state index is -1.42. The number of esters is 1. The van der Waals surface area contributed by atoms with Crippen LogP contribution in [-0.2, 0) is 9.53 Å². The normalized spacial score (nSPS) is 12.3. The van der Waals surface area contributed by atoms with E-state index in [-0.39, 0.29) is 5.56 Å². The molecule has 0 aliphatic rings. The third-order valence-corrected chi connectivity index (χ3v) is 1.80. The number of carbonyl (C=O) groups is 1. The smallest absolute Gasteiger partial charge is 0.339 e. The zero-order valence-electron chi connectivity index (χ0n) is 7.95. The van der Waals surface area contributed by atoms with Crippen LogP contribution in [0, 0.1) is 12.7 Å². The Bertz CT molecular complexity index is 329. The van der Waals surface area contributed by atoms with Gasteiger partial charge in [0.1, 0.15) is 5.82 Å². The second-order valence-electron chi connectivity index (χ2n) is 2.99. The summed E-state index contributed by atoms with van der Waals surface area (Å²) in [7, 11) is 1.16. The van der Waals surface area contributed by atoms with Crippen LogP contribution >= 0.6 is 0 Å². The van der Waals surface area contributed by atoms with E-state index in [0.717, 1.165) is 13.2 Å². The predicted molar refractivity (Wildman–Crippen MR) is 48.1 cm³/mol. The van der Waals surface area contributed by atoms with Crippen LogP contribution in [0.2, 0.25) is 0 Å². The molecule has 0 amide bonds. The number of hydrogen-bond donors (Lipinski definition) is 1. The first kappa shape index (κ1) is 10.7. The Labute approximate surface area is 81.1 Å². The molecular weight excluding hydrogens is 187 g/mol. The molecule has 0 bridgehead atoms. The van der Waals surface area contributed by atoms with E-state index in [1.54, 1.807) is 6.92 Å². The molecule has 1 aromatic rings. The second kappa shape index (κ2) is 4.19. The van der Waals surface area contributed by atoms with Crippen LogP contribution in [0.5, 0.6) is 0 Å². The number of aliphatic hydroxyl groups is 1. The molecule has 1 unspecified atom stereocenters. The van der Waals surface area contributed by atoms with Crippen molar-refractivity contribution in [1.29, 1.82) is 0 Å². The minimum Gasteiger partial charge on any atom is -0.467 e. The zero-order valence-corrected chi connectivity index (χ0v) is 7.95. The summed E-state index contributed by atoms with van der Waals surface area (Å²) in [4.78, 5) is 10.9. The summed E-state index contributed by atoms with van der Waals surface area (Å²) in [5.41, 5.74) is 0.845. The van der Waals surface area contributed by atoms with E-state index in [0.29, 0.717) is 5.56 Å². The number of halogens is 1. The van der Waals surface area contributed by atoms with Gasteiger partial charge in [-0.15, -0.1) is 0 Å². The van der Waals surface area contributed by atoms with Gasteiger partial charge in [-0.25, -0.2) is 9.18 Å². The molecule has 1 N–H and O–H groups in total. The van der Waals surface area contributed by atoms with Crippen molar-refractivity contribution in [2.24, 2.45) is 0 Å². The van der Waals surface area contributed by atoms with Gasteiger partial charge in [0.25, 0.3) is 0 Å². The first-order chi connectivity index (χ1) is 6.54. The first-order valence-electron chi connectivity index (χ1n) is 4.07.